The number of anilines is 2. The molecule has 4 heteroatoms. The maximum absolute atomic E-state index is 12.1. The molecule has 0 aromatic heterocycles. The van der Waals surface area contributed by atoms with E-state index in [0.717, 1.165) is 17.7 Å². The van der Waals surface area contributed by atoms with Crippen molar-refractivity contribution < 1.29 is 4.79 Å². The van der Waals surface area contributed by atoms with Gasteiger partial charge in [-0.3, -0.25) is 9.69 Å². The minimum absolute atomic E-state index is 0.00296. The number of hydrogen-bond donors (Lipinski definition) is 2. The first-order valence-corrected chi connectivity index (χ1v) is 7.15. The van der Waals surface area contributed by atoms with Crippen LogP contribution in [0.15, 0.2) is 18.2 Å². The second-order valence-electron chi connectivity index (χ2n) is 6.02. The summed E-state index contributed by atoms with van der Waals surface area (Å²) in [7, 11) is 1.98. The number of nitrogens with two attached hydrogens (primary N) is 1. The summed E-state index contributed by atoms with van der Waals surface area (Å²) < 4.78 is 0. The van der Waals surface area contributed by atoms with Crippen LogP contribution in [0.25, 0.3) is 0 Å². The van der Waals surface area contributed by atoms with Crippen LogP contribution < -0.4 is 11.1 Å². The Morgan fingerprint density at radius 3 is 2.60 bits per heavy atom. The highest BCUT2D eigenvalue weighted by Gasteiger charge is 2.14. The first kappa shape index (κ1) is 16.5. The SMILES string of the molecule is Cc1ccc(N)cc1NC(=O)CN(C)C(C)CC(C)C. The average molecular weight is 277 g/mol. The summed E-state index contributed by atoms with van der Waals surface area (Å²) in [5, 5.41) is 2.93. The van der Waals surface area contributed by atoms with Crippen molar-refractivity contribution in [1.82, 2.24) is 4.90 Å². The van der Waals surface area contributed by atoms with Crippen LogP contribution in [-0.2, 0) is 4.79 Å². The monoisotopic (exact) mass is 277 g/mol. The van der Waals surface area contributed by atoms with Crippen LogP contribution in [-0.4, -0.2) is 30.4 Å². The molecule has 1 aromatic carbocycles. The molecule has 3 N–H and O–H groups in total. The summed E-state index contributed by atoms with van der Waals surface area (Å²) in [6.45, 7) is 8.89. The van der Waals surface area contributed by atoms with Crippen molar-refractivity contribution in [1.29, 1.82) is 0 Å². The molecular weight excluding hydrogens is 250 g/mol. The summed E-state index contributed by atoms with van der Waals surface area (Å²) in [4.78, 5) is 14.2. The molecule has 1 aromatic rings. The molecule has 0 fully saturated rings. The lowest BCUT2D eigenvalue weighted by Crippen LogP contribution is -2.37. The Bertz CT molecular complexity index is 457. The van der Waals surface area contributed by atoms with E-state index in [1.165, 1.54) is 0 Å². The van der Waals surface area contributed by atoms with E-state index in [4.69, 9.17) is 5.73 Å². The van der Waals surface area contributed by atoms with Crippen molar-refractivity contribution in [2.75, 3.05) is 24.6 Å². The van der Waals surface area contributed by atoms with Gasteiger partial charge in [0.2, 0.25) is 5.91 Å². The van der Waals surface area contributed by atoms with Crippen LogP contribution in [0, 0.1) is 12.8 Å². The van der Waals surface area contributed by atoms with Crippen LogP contribution in [0.1, 0.15) is 32.8 Å². The third kappa shape index (κ3) is 5.21. The van der Waals surface area contributed by atoms with Gasteiger partial charge in [-0.1, -0.05) is 19.9 Å². The highest BCUT2D eigenvalue weighted by atomic mass is 16.2. The second kappa shape index (κ2) is 7.29. The Morgan fingerprint density at radius 2 is 2.00 bits per heavy atom. The van der Waals surface area contributed by atoms with E-state index in [2.05, 4.69) is 31.0 Å². The lowest BCUT2D eigenvalue weighted by molar-refractivity contribution is -0.117. The number of nitrogens with one attached hydrogen (secondary N) is 1. The van der Waals surface area contributed by atoms with Crippen molar-refractivity contribution in [2.24, 2.45) is 5.92 Å². The molecule has 4 nitrogen and oxygen atoms in total. The number of amides is 1. The van der Waals surface area contributed by atoms with Crippen LogP contribution in [0.5, 0.6) is 0 Å². The molecule has 0 aliphatic carbocycles. The number of nitrogens with zero attached hydrogens (tertiary/aromatic N) is 1. The number of rotatable bonds is 6. The first-order valence-electron chi connectivity index (χ1n) is 7.15. The molecule has 0 spiro atoms. The molecule has 1 amide bonds. The van der Waals surface area contributed by atoms with Crippen LogP contribution >= 0.6 is 0 Å². The molecule has 0 saturated carbocycles. The molecule has 0 radical (unpaired) electrons. The van der Waals surface area contributed by atoms with Crippen LogP contribution in [0.2, 0.25) is 0 Å². The Hall–Kier alpha value is -1.55. The van der Waals surface area contributed by atoms with E-state index in [1.54, 1.807) is 6.07 Å². The zero-order valence-corrected chi connectivity index (χ0v) is 13.2. The predicted molar refractivity (Wildman–Crippen MR) is 85.8 cm³/mol. The normalized spacial score (nSPS) is 12.8. The Morgan fingerprint density at radius 1 is 1.35 bits per heavy atom. The minimum atomic E-state index is -0.00296. The summed E-state index contributed by atoms with van der Waals surface area (Å²) in [5.41, 5.74) is 8.22. The molecule has 1 atom stereocenters. The van der Waals surface area contributed by atoms with Crippen LogP contribution in [0.4, 0.5) is 11.4 Å². The van der Waals surface area contributed by atoms with Gasteiger partial charge in [0, 0.05) is 17.4 Å². The summed E-state index contributed by atoms with van der Waals surface area (Å²) in [5.74, 6) is 0.628. The average Bonchev–Trinajstić information content (AvgIpc) is 2.32. The topological polar surface area (TPSA) is 58.4 Å². The van der Waals surface area contributed by atoms with Gasteiger partial charge in [-0.15, -0.1) is 0 Å². The third-order valence-corrected chi connectivity index (χ3v) is 3.49. The number of nitrogen functional groups attached to an aromatic ring is 1. The molecule has 0 saturated heterocycles. The van der Waals surface area contributed by atoms with Gasteiger partial charge in [0.05, 0.1) is 6.54 Å². The molecule has 0 bridgehead atoms. The van der Waals surface area contributed by atoms with Gasteiger partial charge in [-0.25, -0.2) is 0 Å². The van der Waals surface area contributed by atoms with E-state index >= 15 is 0 Å². The maximum Gasteiger partial charge on any atom is 0.238 e. The fourth-order valence-electron chi connectivity index (χ4n) is 2.21. The number of aryl methyl sites for hydroxylation is 1. The summed E-state index contributed by atoms with van der Waals surface area (Å²) >= 11 is 0. The van der Waals surface area contributed by atoms with Crippen molar-refractivity contribution in [2.45, 2.75) is 40.2 Å². The molecule has 0 aliphatic rings. The fraction of sp³-hybridized carbons (Fsp3) is 0.562. The van der Waals surface area contributed by atoms with E-state index < -0.39 is 0 Å². The van der Waals surface area contributed by atoms with E-state index in [0.29, 0.717) is 24.2 Å². The van der Waals surface area contributed by atoms with Gasteiger partial charge in [-0.05, 0) is 50.9 Å². The number of carbonyl (C=O) groups is 1. The first-order chi connectivity index (χ1) is 9.29. The number of benzene rings is 1. The predicted octanol–water partition coefficient (Wildman–Crippen LogP) is 2.88. The largest absolute Gasteiger partial charge is 0.399 e. The van der Waals surface area contributed by atoms with Crippen molar-refractivity contribution in [3.8, 4) is 0 Å². The summed E-state index contributed by atoms with van der Waals surface area (Å²) in [6, 6.07) is 5.94. The van der Waals surface area contributed by atoms with Gasteiger partial charge in [0.1, 0.15) is 0 Å². The molecular formula is C16H27N3O. The molecule has 20 heavy (non-hydrogen) atoms. The Kier molecular flexibility index (Phi) is 6.02. The standard InChI is InChI=1S/C16H27N3O/c1-11(2)8-13(4)19(5)10-16(20)18-15-9-14(17)7-6-12(15)3/h6-7,9,11,13H,8,10,17H2,1-5H3,(H,18,20). The quantitative estimate of drug-likeness (QED) is 0.786. The number of likely N-dealkylation sites (N-methyl/N-ethyl adjacent to an activating group) is 1. The van der Waals surface area contributed by atoms with Gasteiger partial charge in [0.25, 0.3) is 0 Å². The zero-order valence-electron chi connectivity index (χ0n) is 13.2. The van der Waals surface area contributed by atoms with Gasteiger partial charge in [0.15, 0.2) is 0 Å². The molecule has 0 aliphatic heterocycles. The lowest BCUT2D eigenvalue weighted by Gasteiger charge is -2.25. The van der Waals surface area contributed by atoms with Gasteiger partial charge < -0.3 is 11.1 Å². The van der Waals surface area contributed by atoms with Gasteiger partial charge >= 0.3 is 0 Å². The van der Waals surface area contributed by atoms with Crippen LogP contribution in [0.3, 0.4) is 0 Å². The Labute approximate surface area is 122 Å². The molecule has 1 rings (SSSR count). The third-order valence-electron chi connectivity index (χ3n) is 3.49. The van der Waals surface area contributed by atoms with E-state index in [9.17, 15) is 4.79 Å². The summed E-state index contributed by atoms with van der Waals surface area (Å²) in [6.07, 6.45) is 1.08. The molecule has 1 unspecified atom stereocenters. The zero-order chi connectivity index (χ0) is 15.3. The van der Waals surface area contributed by atoms with Crippen molar-refractivity contribution >= 4 is 17.3 Å². The number of hydrogen-bond acceptors (Lipinski definition) is 3. The van der Waals surface area contributed by atoms with Crippen molar-refractivity contribution in [3.05, 3.63) is 23.8 Å². The fourth-order valence-corrected chi connectivity index (χ4v) is 2.21. The van der Waals surface area contributed by atoms with Gasteiger partial charge in [-0.2, -0.15) is 0 Å². The molecule has 0 heterocycles. The smallest absolute Gasteiger partial charge is 0.238 e. The second-order valence-corrected chi connectivity index (χ2v) is 6.02. The Balaban J connectivity index is 2.57. The number of carbonyl (C=O) groups excluding carboxylic acids is 1. The minimum Gasteiger partial charge on any atom is -0.399 e. The lowest BCUT2D eigenvalue weighted by atomic mass is 10.0. The van der Waals surface area contributed by atoms with Crippen molar-refractivity contribution in [3.63, 3.8) is 0 Å². The van der Waals surface area contributed by atoms with E-state index in [-0.39, 0.29) is 5.91 Å². The highest BCUT2D eigenvalue weighted by molar-refractivity contribution is 5.93. The highest BCUT2D eigenvalue weighted by Crippen LogP contribution is 2.18. The van der Waals surface area contributed by atoms with E-state index in [1.807, 2.05) is 26.1 Å². The molecule has 112 valence electrons. The maximum atomic E-state index is 12.1.